The highest BCUT2D eigenvalue weighted by Crippen LogP contribution is 2.36. The second-order valence-corrected chi connectivity index (χ2v) is 8.39. The number of para-hydroxylation sites is 1. The van der Waals surface area contributed by atoms with Crippen molar-refractivity contribution in [3.05, 3.63) is 65.2 Å². The van der Waals surface area contributed by atoms with Gasteiger partial charge in [-0.05, 0) is 42.4 Å². The molecule has 0 aromatic heterocycles. The van der Waals surface area contributed by atoms with Crippen molar-refractivity contribution in [1.29, 1.82) is 0 Å². The third-order valence-electron chi connectivity index (χ3n) is 5.01. The molecule has 0 unspecified atom stereocenters. The number of rotatable bonds is 8. The van der Waals surface area contributed by atoms with Gasteiger partial charge in [0.1, 0.15) is 6.42 Å². The number of nitrogens with one attached hydrogen (secondary N) is 1. The minimum absolute atomic E-state index is 0.0400. The van der Waals surface area contributed by atoms with E-state index < -0.39 is 0 Å². The lowest BCUT2D eigenvalue weighted by molar-refractivity contribution is -0.128. The Morgan fingerprint density at radius 2 is 1.38 bits per heavy atom. The molecular weight excluding hydrogens is 360 g/mol. The van der Waals surface area contributed by atoms with Gasteiger partial charge in [0.05, 0.1) is 5.69 Å². The Bertz CT molecular complexity index is 800. The van der Waals surface area contributed by atoms with Gasteiger partial charge in [0.15, 0.2) is 0 Å². The third kappa shape index (κ3) is 5.93. The van der Waals surface area contributed by atoms with E-state index in [0.717, 1.165) is 22.4 Å². The van der Waals surface area contributed by atoms with E-state index in [0.29, 0.717) is 6.54 Å². The second-order valence-electron chi connectivity index (χ2n) is 8.39. The molecule has 4 nitrogen and oxygen atoms in total. The number of carbonyl (C=O) groups is 2. The van der Waals surface area contributed by atoms with Crippen molar-refractivity contribution in [3.8, 4) is 0 Å². The number of anilines is 1. The average Bonchev–Trinajstić information content (AvgIpc) is 2.66. The van der Waals surface area contributed by atoms with E-state index in [1.807, 2.05) is 49.1 Å². The maximum Gasteiger partial charge on any atom is 0.236 e. The lowest BCUT2D eigenvalue weighted by Crippen LogP contribution is -2.41. The Labute approximate surface area is 175 Å². The molecule has 0 saturated heterocycles. The fourth-order valence-corrected chi connectivity index (χ4v) is 3.54. The SMILES string of the molecule is CC(C)c1cccc(C(C)C)c1N(C(=O)CC(=O)NCc1ccccc1)C(C)C. The Balaban J connectivity index is 2.25. The van der Waals surface area contributed by atoms with Crippen molar-refractivity contribution in [2.75, 3.05) is 4.90 Å². The molecule has 0 aliphatic carbocycles. The Morgan fingerprint density at radius 1 is 0.828 bits per heavy atom. The molecule has 1 N–H and O–H groups in total. The largest absolute Gasteiger partial charge is 0.352 e. The summed E-state index contributed by atoms with van der Waals surface area (Å²) >= 11 is 0. The first-order valence-electron chi connectivity index (χ1n) is 10.5. The van der Waals surface area contributed by atoms with Crippen molar-refractivity contribution in [1.82, 2.24) is 5.32 Å². The molecule has 156 valence electrons. The normalized spacial score (nSPS) is 11.2. The van der Waals surface area contributed by atoms with Crippen LogP contribution in [-0.2, 0) is 16.1 Å². The highest BCUT2D eigenvalue weighted by molar-refractivity contribution is 6.06. The summed E-state index contributed by atoms with van der Waals surface area (Å²) in [5, 5.41) is 2.86. The van der Waals surface area contributed by atoms with Gasteiger partial charge in [0.25, 0.3) is 0 Å². The fraction of sp³-hybridized carbons (Fsp3) is 0.440. The molecule has 0 fully saturated rings. The third-order valence-corrected chi connectivity index (χ3v) is 5.01. The summed E-state index contributed by atoms with van der Waals surface area (Å²) in [6.45, 7) is 13.0. The summed E-state index contributed by atoms with van der Waals surface area (Å²) in [7, 11) is 0. The zero-order valence-corrected chi connectivity index (χ0v) is 18.5. The van der Waals surface area contributed by atoms with E-state index in [2.05, 4.69) is 51.2 Å². The molecule has 0 aliphatic rings. The molecule has 2 rings (SSSR count). The molecular formula is C25H34N2O2. The van der Waals surface area contributed by atoms with Gasteiger partial charge in [-0.1, -0.05) is 76.2 Å². The molecule has 0 spiro atoms. The lowest BCUT2D eigenvalue weighted by atomic mass is 9.91. The van der Waals surface area contributed by atoms with Crippen LogP contribution in [0.1, 0.15) is 76.5 Å². The van der Waals surface area contributed by atoms with Gasteiger partial charge >= 0.3 is 0 Å². The molecule has 0 radical (unpaired) electrons. The van der Waals surface area contributed by atoms with Crippen LogP contribution in [-0.4, -0.2) is 17.9 Å². The molecule has 2 amide bonds. The number of hydrogen-bond acceptors (Lipinski definition) is 2. The molecule has 29 heavy (non-hydrogen) atoms. The summed E-state index contributed by atoms with van der Waals surface area (Å²) in [6, 6.07) is 15.9. The molecule has 4 heteroatoms. The smallest absolute Gasteiger partial charge is 0.236 e. The zero-order valence-electron chi connectivity index (χ0n) is 18.5. The van der Waals surface area contributed by atoms with Crippen LogP contribution in [0.5, 0.6) is 0 Å². The Hall–Kier alpha value is -2.62. The van der Waals surface area contributed by atoms with Crippen molar-refractivity contribution in [2.45, 2.75) is 72.4 Å². The van der Waals surface area contributed by atoms with Crippen LogP contribution in [0, 0.1) is 0 Å². The van der Waals surface area contributed by atoms with Gasteiger partial charge in [-0.25, -0.2) is 0 Å². The van der Waals surface area contributed by atoms with Gasteiger partial charge in [-0.3, -0.25) is 9.59 Å². The van der Waals surface area contributed by atoms with Gasteiger partial charge in [-0.15, -0.1) is 0 Å². The van der Waals surface area contributed by atoms with Crippen molar-refractivity contribution in [3.63, 3.8) is 0 Å². The van der Waals surface area contributed by atoms with E-state index in [1.165, 1.54) is 0 Å². The predicted molar refractivity (Wildman–Crippen MR) is 120 cm³/mol. The first-order valence-corrected chi connectivity index (χ1v) is 10.5. The number of amides is 2. The van der Waals surface area contributed by atoms with Crippen LogP contribution in [0.3, 0.4) is 0 Å². The summed E-state index contributed by atoms with van der Waals surface area (Å²) in [5.41, 5.74) is 4.26. The summed E-state index contributed by atoms with van der Waals surface area (Å²) in [6.07, 6.45) is -0.158. The Morgan fingerprint density at radius 3 is 1.86 bits per heavy atom. The standard InChI is InChI=1S/C25H34N2O2/c1-17(2)21-13-10-14-22(18(3)4)25(21)27(19(5)6)24(29)15-23(28)26-16-20-11-8-7-9-12-20/h7-14,17-19H,15-16H2,1-6H3,(H,26,28). The first-order chi connectivity index (χ1) is 13.7. The first kappa shape index (κ1) is 22.7. The van der Waals surface area contributed by atoms with Crippen LogP contribution >= 0.6 is 0 Å². The maximum absolute atomic E-state index is 13.2. The zero-order chi connectivity index (χ0) is 21.6. The van der Waals surface area contributed by atoms with Crippen molar-refractivity contribution in [2.24, 2.45) is 0 Å². The number of hydrogen-bond donors (Lipinski definition) is 1. The van der Waals surface area contributed by atoms with Gasteiger partial charge < -0.3 is 10.2 Å². The topological polar surface area (TPSA) is 49.4 Å². The van der Waals surface area contributed by atoms with Gasteiger partial charge in [-0.2, -0.15) is 0 Å². The van der Waals surface area contributed by atoms with Crippen LogP contribution in [0.15, 0.2) is 48.5 Å². The van der Waals surface area contributed by atoms with Crippen LogP contribution in [0.25, 0.3) is 0 Å². The van der Waals surface area contributed by atoms with E-state index in [4.69, 9.17) is 0 Å². The monoisotopic (exact) mass is 394 g/mol. The van der Waals surface area contributed by atoms with E-state index in [9.17, 15) is 9.59 Å². The van der Waals surface area contributed by atoms with Crippen LogP contribution in [0.2, 0.25) is 0 Å². The molecule has 2 aromatic rings. The van der Waals surface area contributed by atoms with Gasteiger partial charge in [0, 0.05) is 12.6 Å². The number of benzene rings is 2. The predicted octanol–water partition coefficient (Wildman–Crippen LogP) is 5.38. The van der Waals surface area contributed by atoms with Gasteiger partial charge in [0.2, 0.25) is 11.8 Å². The second kappa shape index (κ2) is 10.2. The summed E-state index contributed by atoms with van der Waals surface area (Å²) in [5.74, 6) is 0.146. The molecule has 0 aliphatic heterocycles. The highest BCUT2D eigenvalue weighted by atomic mass is 16.2. The minimum atomic E-state index is -0.252. The van der Waals surface area contributed by atoms with E-state index in [-0.39, 0.29) is 36.1 Å². The van der Waals surface area contributed by atoms with Crippen molar-refractivity contribution < 1.29 is 9.59 Å². The minimum Gasteiger partial charge on any atom is -0.352 e. The lowest BCUT2D eigenvalue weighted by Gasteiger charge is -2.33. The number of carbonyl (C=O) groups excluding carboxylic acids is 2. The number of nitrogens with zero attached hydrogens (tertiary/aromatic N) is 1. The highest BCUT2D eigenvalue weighted by Gasteiger charge is 2.27. The molecule has 0 atom stereocenters. The van der Waals surface area contributed by atoms with Crippen LogP contribution in [0.4, 0.5) is 5.69 Å². The molecule has 0 heterocycles. The molecule has 0 saturated carbocycles. The van der Waals surface area contributed by atoms with E-state index in [1.54, 1.807) is 0 Å². The molecule has 2 aromatic carbocycles. The summed E-state index contributed by atoms with van der Waals surface area (Å²) < 4.78 is 0. The maximum atomic E-state index is 13.2. The van der Waals surface area contributed by atoms with Crippen LogP contribution < -0.4 is 10.2 Å². The molecule has 0 bridgehead atoms. The fourth-order valence-electron chi connectivity index (χ4n) is 3.54. The van der Waals surface area contributed by atoms with Crippen molar-refractivity contribution >= 4 is 17.5 Å². The summed E-state index contributed by atoms with van der Waals surface area (Å²) in [4.78, 5) is 27.5. The Kier molecular flexibility index (Phi) is 8.00. The van der Waals surface area contributed by atoms with E-state index >= 15 is 0 Å². The quantitative estimate of drug-likeness (QED) is 0.611. The average molecular weight is 395 g/mol.